The van der Waals surface area contributed by atoms with E-state index in [1.54, 1.807) is 36.7 Å². The Morgan fingerprint density at radius 1 is 1.05 bits per heavy atom. The third-order valence-electron chi connectivity index (χ3n) is 7.60. The average Bonchev–Trinajstić information content (AvgIpc) is 3.50. The monoisotopic (exact) mass is 549 g/mol. The number of aromatic hydroxyl groups is 1. The number of aromatic nitrogens is 3. The zero-order valence-corrected chi connectivity index (χ0v) is 23.7. The molecule has 208 valence electrons. The van der Waals surface area contributed by atoms with Crippen molar-refractivity contribution in [2.45, 2.75) is 39.8 Å². The molecule has 2 aromatic carbocycles. The van der Waals surface area contributed by atoms with Gasteiger partial charge in [-0.2, -0.15) is 5.10 Å². The molecule has 1 aliphatic heterocycles. The molecular weight excluding hydrogens is 518 g/mol. The fourth-order valence-electron chi connectivity index (χ4n) is 5.44. The number of imide groups is 1. The molecule has 0 spiro atoms. The Balaban J connectivity index is 1.61. The largest absolute Gasteiger partial charge is 0.494 e. The lowest BCUT2D eigenvalue weighted by Crippen LogP contribution is -2.50. The van der Waals surface area contributed by atoms with Crippen LogP contribution in [0.5, 0.6) is 11.6 Å². The van der Waals surface area contributed by atoms with Crippen molar-refractivity contribution in [1.29, 1.82) is 0 Å². The van der Waals surface area contributed by atoms with Crippen LogP contribution in [0, 0.1) is 37.5 Å². The minimum absolute atomic E-state index is 0.0295. The summed E-state index contributed by atoms with van der Waals surface area (Å²) in [6.07, 6.45) is 1.76. The summed E-state index contributed by atoms with van der Waals surface area (Å²) in [5.41, 5.74) is 3.03. The summed E-state index contributed by atoms with van der Waals surface area (Å²) in [5.74, 6) is 11.4. The number of nitrogens with one attached hydrogen (secondary N) is 1. The number of rotatable bonds is 7. The lowest BCUT2D eigenvalue weighted by molar-refractivity contribution is -0.127. The van der Waals surface area contributed by atoms with Gasteiger partial charge in [-0.3, -0.25) is 19.7 Å². The number of hydrogen-bond donors (Lipinski definition) is 2. The summed E-state index contributed by atoms with van der Waals surface area (Å²) in [6.45, 7) is 7.62. The summed E-state index contributed by atoms with van der Waals surface area (Å²) < 4.78 is 9.09. The lowest BCUT2D eigenvalue weighted by atomic mass is 9.86. The standard InChI is InChI=1S/C32H31N5O4/c1-6-8-16-37-31(40)33-30(39)32(37,25-13-10-23(11-14-25)28-21(3)34-35(5)22(28)4)20-36-19-24-12-15-26(41-17-9-7-2)18-27(24)29(36)38/h10-15,18-19,38H,16-17,20H2,1-5H3,(H,33,39,40)/t32-/m0/s1. The number of urea groups is 1. The Morgan fingerprint density at radius 3 is 2.44 bits per heavy atom. The van der Waals surface area contributed by atoms with Crippen molar-refractivity contribution in [2.75, 3.05) is 13.2 Å². The Hall–Kier alpha value is -5.15. The first kappa shape index (κ1) is 27.4. The van der Waals surface area contributed by atoms with Gasteiger partial charge in [0.2, 0.25) is 0 Å². The van der Waals surface area contributed by atoms with Crippen LogP contribution in [-0.2, 0) is 23.9 Å². The molecule has 0 saturated carbocycles. The van der Waals surface area contributed by atoms with Crippen molar-refractivity contribution in [3.63, 3.8) is 0 Å². The number of hydrogen-bond acceptors (Lipinski definition) is 5. The van der Waals surface area contributed by atoms with Crippen LogP contribution >= 0.6 is 0 Å². The Bertz CT molecular complexity index is 1790. The third kappa shape index (κ3) is 4.66. The van der Waals surface area contributed by atoms with Crippen molar-refractivity contribution in [3.8, 4) is 46.4 Å². The predicted octanol–water partition coefficient (Wildman–Crippen LogP) is 4.24. The molecule has 0 radical (unpaired) electrons. The van der Waals surface area contributed by atoms with Gasteiger partial charge in [0.25, 0.3) is 5.91 Å². The second-order valence-electron chi connectivity index (χ2n) is 9.92. The molecule has 1 saturated heterocycles. The topological polar surface area (TPSA) is 102 Å². The zero-order valence-electron chi connectivity index (χ0n) is 23.7. The van der Waals surface area contributed by atoms with Crippen LogP contribution in [0.25, 0.3) is 21.9 Å². The number of amides is 3. The van der Waals surface area contributed by atoms with Gasteiger partial charge in [0, 0.05) is 35.3 Å². The van der Waals surface area contributed by atoms with E-state index in [1.807, 2.05) is 55.9 Å². The van der Waals surface area contributed by atoms with Crippen molar-refractivity contribution in [1.82, 2.24) is 24.6 Å². The van der Waals surface area contributed by atoms with E-state index in [2.05, 4.69) is 34.1 Å². The van der Waals surface area contributed by atoms with Gasteiger partial charge < -0.3 is 14.4 Å². The molecule has 2 N–H and O–H groups in total. The average molecular weight is 550 g/mol. The molecule has 3 amide bonds. The second-order valence-corrected chi connectivity index (χ2v) is 9.92. The molecule has 4 aromatic rings. The molecular formula is C32H31N5O4. The van der Waals surface area contributed by atoms with Crippen LogP contribution in [0.3, 0.4) is 0 Å². The molecule has 0 aliphatic carbocycles. The van der Waals surface area contributed by atoms with Crippen LogP contribution in [-0.4, -0.2) is 49.4 Å². The molecule has 1 atom stereocenters. The van der Waals surface area contributed by atoms with Gasteiger partial charge in [-0.1, -0.05) is 36.1 Å². The first-order valence-corrected chi connectivity index (χ1v) is 13.2. The summed E-state index contributed by atoms with van der Waals surface area (Å²) >= 11 is 0. The minimum Gasteiger partial charge on any atom is -0.494 e. The fourth-order valence-corrected chi connectivity index (χ4v) is 5.44. The fraction of sp³-hybridized carbons (Fsp3) is 0.281. The molecule has 3 heterocycles. The van der Waals surface area contributed by atoms with Gasteiger partial charge in [0.15, 0.2) is 11.4 Å². The molecule has 41 heavy (non-hydrogen) atoms. The Labute approximate surface area is 238 Å². The maximum absolute atomic E-state index is 13.7. The highest BCUT2D eigenvalue weighted by molar-refractivity contribution is 6.07. The van der Waals surface area contributed by atoms with Crippen LogP contribution < -0.4 is 10.1 Å². The van der Waals surface area contributed by atoms with Crippen molar-refractivity contribution < 1.29 is 19.4 Å². The quantitative estimate of drug-likeness (QED) is 0.265. The highest BCUT2D eigenvalue weighted by Gasteiger charge is 2.54. The molecule has 1 aliphatic rings. The first-order valence-electron chi connectivity index (χ1n) is 13.2. The highest BCUT2D eigenvalue weighted by atomic mass is 16.5. The number of fused-ring (bicyclic) bond motifs is 1. The molecule has 9 nitrogen and oxygen atoms in total. The molecule has 5 rings (SSSR count). The van der Waals surface area contributed by atoms with Gasteiger partial charge in [-0.05, 0) is 57.0 Å². The first-order chi connectivity index (χ1) is 19.7. The summed E-state index contributed by atoms with van der Waals surface area (Å²) in [4.78, 5) is 28.2. The van der Waals surface area contributed by atoms with E-state index in [9.17, 15) is 14.7 Å². The molecule has 1 fully saturated rings. The maximum atomic E-state index is 13.7. The van der Waals surface area contributed by atoms with Gasteiger partial charge in [0.1, 0.15) is 12.4 Å². The lowest BCUT2D eigenvalue weighted by Gasteiger charge is -2.35. The summed E-state index contributed by atoms with van der Waals surface area (Å²) in [7, 11) is 1.90. The molecule has 9 heteroatoms. The number of aryl methyl sites for hydroxylation is 2. The minimum atomic E-state index is -1.46. The van der Waals surface area contributed by atoms with Gasteiger partial charge in [0.05, 0.1) is 18.8 Å². The number of ether oxygens (including phenoxy) is 1. The Morgan fingerprint density at radius 2 is 1.78 bits per heavy atom. The van der Waals surface area contributed by atoms with E-state index in [0.717, 1.165) is 27.9 Å². The second kappa shape index (κ2) is 10.8. The number of benzene rings is 2. The van der Waals surface area contributed by atoms with E-state index in [0.29, 0.717) is 16.7 Å². The van der Waals surface area contributed by atoms with Crippen molar-refractivity contribution in [2.24, 2.45) is 7.05 Å². The Kier molecular flexibility index (Phi) is 7.21. The van der Waals surface area contributed by atoms with E-state index in [1.165, 1.54) is 4.90 Å². The van der Waals surface area contributed by atoms with Crippen molar-refractivity contribution >= 4 is 22.7 Å². The number of carbonyl (C=O) groups excluding carboxylic acids is 2. The molecule has 2 aromatic heterocycles. The number of nitrogens with zero attached hydrogens (tertiary/aromatic N) is 4. The normalized spacial score (nSPS) is 16.3. The van der Waals surface area contributed by atoms with E-state index < -0.39 is 17.5 Å². The van der Waals surface area contributed by atoms with Crippen LogP contribution in [0.1, 0.15) is 30.8 Å². The van der Waals surface area contributed by atoms with E-state index in [4.69, 9.17) is 4.74 Å². The number of carbonyl (C=O) groups is 2. The van der Waals surface area contributed by atoms with Crippen LogP contribution in [0.15, 0.2) is 48.7 Å². The van der Waals surface area contributed by atoms with Crippen molar-refractivity contribution in [3.05, 3.63) is 65.6 Å². The molecule has 0 bridgehead atoms. The third-order valence-corrected chi connectivity index (χ3v) is 7.60. The zero-order chi connectivity index (χ0) is 29.3. The van der Waals surface area contributed by atoms with Crippen LogP contribution in [0.2, 0.25) is 0 Å². The maximum Gasteiger partial charge on any atom is 0.326 e. The SMILES string of the molecule is CC#CCOc1ccc2cn(C[C@]3(c4ccc(-c5c(C)nn(C)c5C)cc4)C(=O)NC(=O)N3CC#CC)c(O)c2c1. The van der Waals surface area contributed by atoms with Gasteiger partial charge in [-0.25, -0.2) is 4.79 Å². The van der Waals surface area contributed by atoms with Gasteiger partial charge >= 0.3 is 6.03 Å². The summed E-state index contributed by atoms with van der Waals surface area (Å²) in [6, 6.07) is 12.4. The van der Waals surface area contributed by atoms with Gasteiger partial charge in [-0.15, -0.1) is 11.8 Å². The van der Waals surface area contributed by atoms with E-state index >= 15 is 0 Å². The highest BCUT2D eigenvalue weighted by Crippen LogP contribution is 2.40. The van der Waals surface area contributed by atoms with E-state index in [-0.39, 0.29) is 25.6 Å². The van der Waals surface area contributed by atoms with Crippen LogP contribution in [0.4, 0.5) is 4.79 Å². The predicted molar refractivity (Wildman–Crippen MR) is 156 cm³/mol. The smallest absolute Gasteiger partial charge is 0.326 e. The molecule has 0 unspecified atom stereocenters. The summed E-state index contributed by atoms with van der Waals surface area (Å²) in [5, 5.41) is 19.6.